The normalized spacial score (nSPS) is 16.1. The van der Waals surface area contributed by atoms with E-state index in [2.05, 4.69) is 0 Å². The second kappa shape index (κ2) is 5.87. The van der Waals surface area contributed by atoms with Crippen molar-refractivity contribution in [2.75, 3.05) is 19.7 Å². The van der Waals surface area contributed by atoms with Gasteiger partial charge in [0.25, 0.3) is 5.91 Å². The number of carbonyl (C=O) groups is 1. The number of aliphatic hydroxyl groups excluding tert-OH is 1. The first-order chi connectivity index (χ1) is 9.52. The summed E-state index contributed by atoms with van der Waals surface area (Å²) in [6.45, 7) is 1.17. The monoisotopic (exact) mass is 280 g/mol. The molecule has 0 saturated carbocycles. The predicted octanol–water partition coefficient (Wildman–Crippen LogP) is 1.14. The number of carbonyl (C=O) groups excluding carboxylic acids is 1. The van der Waals surface area contributed by atoms with Crippen molar-refractivity contribution in [2.45, 2.75) is 12.8 Å². The highest BCUT2D eigenvalue weighted by Gasteiger charge is 2.25. The summed E-state index contributed by atoms with van der Waals surface area (Å²) >= 11 is 0. The lowest BCUT2D eigenvalue weighted by Crippen LogP contribution is -2.39. The third kappa shape index (κ3) is 2.88. The maximum atomic E-state index is 12.2. The van der Waals surface area contributed by atoms with Crippen molar-refractivity contribution in [3.8, 4) is 5.75 Å². The van der Waals surface area contributed by atoms with Crippen LogP contribution in [0.5, 0.6) is 5.75 Å². The molecule has 1 aliphatic rings. The number of benzene rings is 1. The van der Waals surface area contributed by atoms with Gasteiger partial charge in [0, 0.05) is 31.3 Å². The van der Waals surface area contributed by atoms with Gasteiger partial charge in [0.1, 0.15) is 0 Å². The van der Waals surface area contributed by atoms with Gasteiger partial charge >= 0.3 is 5.69 Å². The SMILES string of the molecule is O=C(c1ccc(O)c([N+](=O)[O-])c1)N1CCC(CO)CC1. The van der Waals surface area contributed by atoms with Crippen molar-refractivity contribution in [3.63, 3.8) is 0 Å². The number of nitrogens with zero attached hydrogens (tertiary/aromatic N) is 2. The molecule has 1 amide bonds. The molecule has 1 heterocycles. The molecule has 1 saturated heterocycles. The van der Waals surface area contributed by atoms with Gasteiger partial charge < -0.3 is 15.1 Å². The quantitative estimate of drug-likeness (QED) is 0.638. The molecule has 0 spiro atoms. The van der Waals surface area contributed by atoms with E-state index in [4.69, 9.17) is 5.11 Å². The summed E-state index contributed by atoms with van der Waals surface area (Å²) in [6, 6.07) is 3.63. The molecule has 0 unspecified atom stereocenters. The summed E-state index contributed by atoms with van der Waals surface area (Å²) in [4.78, 5) is 23.9. The average molecular weight is 280 g/mol. The highest BCUT2D eigenvalue weighted by molar-refractivity contribution is 5.95. The maximum Gasteiger partial charge on any atom is 0.311 e. The molecule has 0 radical (unpaired) electrons. The van der Waals surface area contributed by atoms with Crippen molar-refractivity contribution in [1.82, 2.24) is 4.90 Å². The number of hydrogen-bond donors (Lipinski definition) is 2. The number of nitro groups is 1. The second-order valence-electron chi connectivity index (χ2n) is 4.88. The van der Waals surface area contributed by atoms with E-state index in [9.17, 15) is 20.0 Å². The Morgan fingerprint density at radius 2 is 2.05 bits per heavy atom. The van der Waals surface area contributed by atoms with Gasteiger partial charge in [-0.2, -0.15) is 0 Å². The third-order valence-electron chi connectivity index (χ3n) is 3.58. The molecule has 1 aromatic carbocycles. The largest absolute Gasteiger partial charge is 0.502 e. The van der Waals surface area contributed by atoms with Crippen molar-refractivity contribution in [1.29, 1.82) is 0 Å². The number of phenolic OH excluding ortho intramolecular Hbond substituents is 1. The van der Waals surface area contributed by atoms with Crippen LogP contribution < -0.4 is 0 Å². The van der Waals surface area contributed by atoms with Crippen LogP contribution in [-0.4, -0.2) is 45.6 Å². The third-order valence-corrected chi connectivity index (χ3v) is 3.58. The highest BCUT2D eigenvalue weighted by atomic mass is 16.6. The van der Waals surface area contributed by atoms with Crippen LogP contribution >= 0.6 is 0 Å². The Labute approximate surface area is 115 Å². The molecule has 7 nitrogen and oxygen atoms in total. The van der Waals surface area contributed by atoms with E-state index in [-0.39, 0.29) is 24.0 Å². The van der Waals surface area contributed by atoms with E-state index in [1.807, 2.05) is 0 Å². The standard InChI is InChI=1S/C13H16N2O5/c16-8-9-3-5-14(6-4-9)13(18)10-1-2-12(17)11(7-10)15(19)20/h1-2,7,9,16-17H,3-6,8H2. The van der Waals surface area contributed by atoms with E-state index >= 15 is 0 Å². The predicted molar refractivity (Wildman–Crippen MR) is 70.5 cm³/mol. The Balaban J connectivity index is 2.14. The molecular weight excluding hydrogens is 264 g/mol. The van der Waals surface area contributed by atoms with E-state index in [0.717, 1.165) is 25.0 Å². The van der Waals surface area contributed by atoms with Crippen molar-refractivity contribution < 1.29 is 19.9 Å². The highest BCUT2D eigenvalue weighted by Crippen LogP contribution is 2.27. The Morgan fingerprint density at radius 1 is 1.40 bits per heavy atom. The van der Waals surface area contributed by atoms with Gasteiger partial charge in [-0.25, -0.2) is 0 Å². The van der Waals surface area contributed by atoms with Crippen LogP contribution in [0.2, 0.25) is 0 Å². The van der Waals surface area contributed by atoms with Crippen LogP contribution in [0.25, 0.3) is 0 Å². The molecule has 20 heavy (non-hydrogen) atoms. The number of hydrogen-bond acceptors (Lipinski definition) is 5. The fraction of sp³-hybridized carbons (Fsp3) is 0.462. The zero-order valence-corrected chi connectivity index (χ0v) is 10.9. The Morgan fingerprint density at radius 3 is 2.60 bits per heavy atom. The number of aromatic hydroxyl groups is 1. The lowest BCUT2D eigenvalue weighted by atomic mass is 9.97. The van der Waals surface area contributed by atoms with Crippen LogP contribution in [0.4, 0.5) is 5.69 Å². The fourth-order valence-electron chi connectivity index (χ4n) is 2.30. The smallest absolute Gasteiger partial charge is 0.311 e. The Hall–Kier alpha value is -2.15. The summed E-state index contributed by atoms with van der Waals surface area (Å²) in [5.74, 6) is -0.525. The number of likely N-dealkylation sites (tertiary alicyclic amines) is 1. The van der Waals surface area contributed by atoms with Crippen molar-refractivity contribution in [2.24, 2.45) is 5.92 Å². The van der Waals surface area contributed by atoms with Crippen LogP contribution in [0.1, 0.15) is 23.2 Å². The van der Waals surface area contributed by atoms with Gasteiger partial charge in [-0.3, -0.25) is 14.9 Å². The zero-order valence-electron chi connectivity index (χ0n) is 10.9. The molecule has 108 valence electrons. The summed E-state index contributed by atoms with van der Waals surface area (Å²) in [5.41, 5.74) is -0.280. The Kier molecular flexibility index (Phi) is 4.19. The van der Waals surface area contributed by atoms with Gasteiger partial charge in [0.05, 0.1) is 4.92 Å². The summed E-state index contributed by atoms with van der Waals surface area (Å²) in [7, 11) is 0. The molecule has 1 fully saturated rings. The van der Waals surface area contributed by atoms with Crippen LogP contribution in [0.3, 0.4) is 0 Å². The molecule has 7 heteroatoms. The van der Waals surface area contributed by atoms with Gasteiger partial charge in [-0.1, -0.05) is 0 Å². The minimum Gasteiger partial charge on any atom is -0.502 e. The van der Waals surface area contributed by atoms with E-state index < -0.39 is 16.4 Å². The molecule has 0 aliphatic carbocycles. The fourth-order valence-corrected chi connectivity index (χ4v) is 2.30. The van der Waals surface area contributed by atoms with Crippen LogP contribution in [0.15, 0.2) is 18.2 Å². The first kappa shape index (κ1) is 14.3. The first-order valence-corrected chi connectivity index (χ1v) is 6.40. The van der Waals surface area contributed by atoms with Gasteiger partial charge in [0.15, 0.2) is 5.75 Å². The molecular formula is C13H16N2O5. The summed E-state index contributed by atoms with van der Waals surface area (Å²) in [6.07, 6.45) is 1.45. The van der Waals surface area contributed by atoms with Gasteiger partial charge in [0.2, 0.25) is 0 Å². The molecule has 2 N–H and O–H groups in total. The minimum absolute atomic E-state index is 0.118. The zero-order chi connectivity index (χ0) is 14.7. The van der Waals surface area contributed by atoms with Crippen molar-refractivity contribution >= 4 is 11.6 Å². The van der Waals surface area contributed by atoms with Crippen LogP contribution in [-0.2, 0) is 0 Å². The number of aliphatic hydroxyl groups is 1. The number of rotatable bonds is 3. The molecule has 0 atom stereocenters. The molecule has 0 bridgehead atoms. The number of amides is 1. The van der Waals surface area contributed by atoms with E-state index in [0.29, 0.717) is 13.1 Å². The first-order valence-electron chi connectivity index (χ1n) is 6.40. The topological polar surface area (TPSA) is 104 Å². The number of phenols is 1. The van der Waals surface area contributed by atoms with Gasteiger partial charge in [-0.15, -0.1) is 0 Å². The Bertz CT molecular complexity index is 523. The summed E-state index contributed by atoms with van der Waals surface area (Å²) < 4.78 is 0. The van der Waals surface area contributed by atoms with E-state index in [1.54, 1.807) is 4.90 Å². The maximum absolute atomic E-state index is 12.2. The molecule has 0 aromatic heterocycles. The van der Waals surface area contributed by atoms with Crippen LogP contribution in [0, 0.1) is 16.0 Å². The number of nitro benzene ring substituents is 1. The molecule has 1 aromatic rings. The van der Waals surface area contributed by atoms with Crippen molar-refractivity contribution in [3.05, 3.63) is 33.9 Å². The second-order valence-corrected chi connectivity index (χ2v) is 4.88. The lowest BCUT2D eigenvalue weighted by molar-refractivity contribution is -0.385. The average Bonchev–Trinajstić information content (AvgIpc) is 2.47. The van der Waals surface area contributed by atoms with E-state index in [1.165, 1.54) is 6.07 Å². The molecule has 2 rings (SSSR count). The summed E-state index contributed by atoms with van der Waals surface area (Å²) in [5, 5.41) is 29.2. The number of piperidine rings is 1. The minimum atomic E-state index is -0.718. The van der Waals surface area contributed by atoms with Gasteiger partial charge in [-0.05, 0) is 30.9 Å². The molecule has 1 aliphatic heterocycles. The lowest BCUT2D eigenvalue weighted by Gasteiger charge is -2.31.